The van der Waals surface area contributed by atoms with Crippen molar-refractivity contribution in [2.24, 2.45) is 4.99 Å². The molecule has 0 fully saturated rings. The monoisotopic (exact) mass is 484 g/mol. The number of rotatable bonds is 6. The van der Waals surface area contributed by atoms with Gasteiger partial charge in [-0.25, -0.2) is 9.79 Å². The molecule has 2 aromatic heterocycles. The topological polar surface area (TPSA) is 79.1 Å². The van der Waals surface area contributed by atoms with E-state index in [9.17, 15) is 9.59 Å². The second kappa shape index (κ2) is 9.36. The van der Waals surface area contributed by atoms with Crippen molar-refractivity contribution in [1.29, 1.82) is 0 Å². The Bertz CT molecular complexity index is 1400. The number of nitrogens with zero attached hydrogens (tertiary/aromatic N) is 2. The fourth-order valence-electron chi connectivity index (χ4n) is 3.67. The highest BCUT2D eigenvalue weighted by atomic mass is 32.1. The Morgan fingerprint density at radius 2 is 1.94 bits per heavy atom. The Morgan fingerprint density at radius 1 is 1.18 bits per heavy atom. The standard InChI is InChI=1S/C24H24N2O5S2/c1-13(2)31-23(28)20-14(3)25-24-26(21(20)18-7-6-10-32-18)22(27)19(33-24)12-15-8-9-16(29-4)17(11-15)30-5/h6-13,21H,1-5H3/b19-12-/t21-/m0/s1. The van der Waals surface area contributed by atoms with E-state index in [1.54, 1.807) is 51.7 Å². The van der Waals surface area contributed by atoms with Gasteiger partial charge in [0.15, 0.2) is 16.3 Å². The molecule has 3 heterocycles. The lowest BCUT2D eigenvalue weighted by atomic mass is 10.0. The normalized spacial score (nSPS) is 15.9. The molecule has 0 unspecified atom stereocenters. The lowest BCUT2D eigenvalue weighted by Crippen LogP contribution is -2.39. The Balaban J connectivity index is 1.89. The summed E-state index contributed by atoms with van der Waals surface area (Å²) < 4.78 is 18.3. The molecule has 1 atom stereocenters. The van der Waals surface area contributed by atoms with Gasteiger partial charge in [0, 0.05) is 4.88 Å². The largest absolute Gasteiger partial charge is 0.493 e. The van der Waals surface area contributed by atoms with E-state index in [1.807, 2.05) is 29.6 Å². The molecule has 9 heteroatoms. The summed E-state index contributed by atoms with van der Waals surface area (Å²) in [6.45, 7) is 5.38. The molecule has 0 aliphatic carbocycles. The summed E-state index contributed by atoms with van der Waals surface area (Å²) in [4.78, 5) is 32.6. The number of fused-ring (bicyclic) bond motifs is 1. The first-order valence-electron chi connectivity index (χ1n) is 10.3. The number of hydrogen-bond acceptors (Lipinski definition) is 8. The molecule has 0 spiro atoms. The summed E-state index contributed by atoms with van der Waals surface area (Å²) in [5.41, 5.74) is 1.52. The van der Waals surface area contributed by atoms with Crippen molar-refractivity contribution in [2.45, 2.75) is 32.9 Å². The maximum absolute atomic E-state index is 13.6. The highest BCUT2D eigenvalue weighted by Crippen LogP contribution is 2.33. The van der Waals surface area contributed by atoms with Crippen molar-refractivity contribution in [1.82, 2.24) is 4.57 Å². The SMILES string of the molecule is COc1ccc(/C=c2\sc3n(c2=O)[C@@H](c2cccs2)C(C(=O)OC(C)C)=C(C)N=3)cc1OC. The summed E-state index contributed by atoms with van der Waals surface area (Å²) in [6.07, 6.45) is 1.51. The molecule has 1 aromatic carbocycles. The van der Waals surface area contributed by atoms with Crippen LogP contribution in [0.5, 0.6) is 11.5 Å². The van der Waals surface area contributed by atoms with Crippen LogP contribution in [0.25, 0.3) is 6.08 Å². The lowest BCUT2D eigenvalue weighted by molar-refractivity contribution is -0.143. The van der Waals surface area contributed by atoms with E-state index < -0.39 is 12.0 Å². The van der Waals surface area contributed by atoms with Crippen LogP contribution >= 0.6 is 22.7 Å². The summed E-state index contributed by atoms with van der Waals surface area (Å²) in [7, 11) is 3.14. The molecule has 0 amide bonds. The van der Waals surface area contributed by atoms with Crippen LogP contribution in [0.15, 0.2) is 56.8 Å². The van der Waals surface area contributed by atoms with Gasteiger partial charge in [0.05, 0.1) is 36.1 Å². The third-order valence-corrected chi connectivity index (χ3v) is 7.01. The molecule has 172 valence electrons. The van der Waals surface area contributed by atoms with Crippen LogP contribution < -0.4 is 24.4 Å². The highest BCUT2D eigenvalue weighted by molar-refractivity contribution is 7.10. The van der Waals surface area contributed by atoms with Gasteiger partial charge >= 0.3 is 5.97 Å². The van der Waals surface area contributed by atoms with Crippen molar-refractivity contribution in [3.05, 3.63) is 77.1 Å². The molecule has 7 nitrogen and oxygen atoms in total. The van der Waals surface area contributed by atoms with Gasteiger partial charge in [-0.2, -0.15) is 0 Å². The van der Waals surface area contributed by atoms with Crippen molar-refractivity contribution < 1.29 is 19.0 Å². The highest BCUT2D eigenvalue weighted by Gasteiger charge is 2.34. The second-order valence-corrected chi connectivity index (χ2v) is 9.65. The molecule has 0 bridgehead atoms. The van der Waals surface area contributed by atoms with Crippen molar-refractivity contribution in [3.63, 3.8) is 0 Å². The molecule has 0 saturated heterocycles. The van der Waals surface area contributed by atoms with E-state index in [4.69, 9.17) is 14.2 Å². The number of esters is 1. The number of aromatic nitrogens is 1. The second-order valence-electron chi connectivity index (χ2n) is 7.67. The number of thiophene rings is 1. The molecular weight excluding hydrogens is 460 g/mol. The number of allylic oxidation sites excluding steroid dienone is 1. The van der Waals surface area contributed by atoms with Gasteiger partial charge in [-0.15, -0.1) is 11.3 Å². The quantitative estimate of drug-likeness (QED) is 0.502. The zero-order valence-corrected chi connectivity index (χ0v) is 20.6. The van der Waals surface area contributed by atoms with Crippen molar-refractivity contribution >= 4 is 34.7 Å². The van der Waals surface area contributed by atoms with Gasteiger partial charge in [-0.1, -0.05) is 23.5 Å². The minimum absolute atomic E-state index is 0.214. The van der Waals surface area contributed by atoms with Crippen molar-refractivity contribution in [2.75, 3.05) is 14.2 Å². The fourth-order valence-corrected chi connectivity index (χ4v) is 5.54. The number of methoxy groups -OCH3 is 2. The van der Waals surface area contributed by atoms with Crippen LogP contribution in [-0.2, 0) is 9.53 Å². The molecule has 0 N–H and O–H groups in total. The summed E-state index contributed by atoms with van der Waals surface area (Å²) in [5.74, 6) is 0.724. The molecule has 0 radical (unpaired) electrons. The van der Waals surface area contributed by atoms with Crippen LogP contribution in [0.1, 0.15) is 37.3 Å². The number of ether oxygens (including phenoxy) is 3. The maximum atomic E-state index is 13.6. The number of carbonyl (C=O) groups excluding carboxylic acids is 1. The summed E-state index contributed by atoms with van der Waals surface area (Å²) in [6, 6.07) is 8.69. The van der Waals surface area contributed by atoms with Gasteiger partial charge in [-0.3, -0.25) is 9.36 Å². The predicted octanol–water partition coefficient (Wildman–Crippen LogP) is 3.27. The first-order chi connectivity index (χ1) is 15.8. The molecule has 33 heavy (non-hydrogen) atoms. The number of thiazole rings is 1. The van der Waals surface area contributed by atoms with Gasteiger partial charge in [-0.05, 0) is 56.0 Å². The summed E-state index contributed by atoms with van der Waals surface area (Å²) in [5, 5.41) is 1.93. The Kier molecular flexibility index (Phi) is 6.53. The van der Waals surface area contributed by atoms with Crippen LogP contribution in [-0.4, -0.2) is 30.9 Å². The third-order valence-electron chi connectivity index (χ3n) is 5.10. The van der Waals surface area contributed by atoms with Crippen LogP contribution in [0.4, 0.5) is 0 Å². The van der Waals surface area contributed by atoms with Gasteiger partial charge in [0.25, 0.3) is 5.56 Å². The van der Waals surface area contributed by atoms with E-state index >= 15 is 0 Å². The molecule has 3 aromatic rings. The minimum atomic E-state index is -0.583. The molecule has 4 rings (SSSR count). The van der Waals surface area contributed by atoms with E-state index in [2.05, 4.69) is 4.99 Å². The molecule has 1 aliphatic heterocycles. The number of hydrogen-bond donors (Lipinski definition) is 0. The zero-order chi connectivity index (χ0) is 23.7. The van der Waals surface area contributed by atoms with Crippen LogP contribution in [0, 0.1) is 0 Å². The van der Waals surface area contributed by atoms with E-state index in [0.29, 0.717) is 32.1 Å². The zero-order valence-electron chi connectivity index (χ0n) is 18.9. The minimum Gasteiger partial charge on any atom is -0.493 e. The van der Waals surface area contributed by atoms with E-state index in [-0.39, 0.29) is 11.7 Å². The average molecular weight is 485 g/mol. The van der Waals surface area contributed by atoms with Crippen LogP contribution in [0.3, 0.4) is 0 Å². The molecule has 1 aliphatic rings. The van der Waals surface area contributed by atoms with Crippen molar-refractivity contribution in [3.8, 4) is 11.5 Å². The third kappa shape index (κ3) is 4.38. The molecular formula is C24H24N2O5S2. The van der Waals surface area contributed by atoms with Gasteiger partial charge in [0.2, 0.25) is 0 Å². The maximum Gasteiger partial charge on any atom is 0.338 e. The fraction of sp³-hybridized carbons (Fsp3) is 0.292. The lowest BCUT2D eigenvalue weighted by Gasteiger charge is -2.24. The Hall–Kier alpha value is -3.17. The number of carbonyl (C=O) groups is 1. The smallest absolute Gasteiger partial charge is 0.338 e. The Morgan fingerprint density at radius 3 is 2.58 bits per heavy atom. The van der Waals surface area contributed by atoms with Gasteiger partial charge in [0.1, 0.15) is 6.04 Å². The van der Waals surface area contributed by atoms with E-state index in [1.165, 1.54) is 22.7 Å². The van der Waals surface area contributed by atoms with E-state index in [0.717, 1.165) is 10.4 Å². The first kappa shape index (κ1) is 23.0. The summed E-state index contributed by atoms with van der Waals surface area (Å²) >= 11 is 2.77. The first-order valence-corrected chi connectivity index (χ1v) is 12.0. The van der Waals surface area contributed by atoms with Gasteiger partial charge < -0.3 is 14.2 Å². The molecule has 0 saturated carbocycles. The predicted molar refractivity (Wildman–Crippen MR) is 129 cm³/mol. The number of benzene rings is 1. The van der Waals surface area contributed by atoms with Crippen LogP contribution in [0.2, 0.25) is 0 Å². The Labute approximate surface area is 198 Å². The average Bonchev–Trinajstić information content (AvgIpc) is 3.41.